The first-order valence-electron chi connectivity index (χ1n) is 6.83. The van der Waals surface area contributed by atoms with Gasteiger partial charge in [-0.25, -0.2) is 4.39 Å². The summed E-state index contributed by atoms with van der Waals surface area (Å²) in [4.78, 5) is 12.7. The Hall–Kier alpha value is -1.73. The number of nitro groups is 1. The molecule has 2 aliphatic rings. The van der Waals surface area contributed by atoms with Crippen molar-refractivity contribution in [2.75, 3.05) is 24.5 Å². The summed E-state index contributed by atoms with van der Waals surface area (Å²) in [5.74, 6) is -0.578. The molecule has 1 unspecified atom stereocenters. The van der Waals surface area contributed by atoms with E-state index in [2.05, 4.69) is 10.6 Å². The van der Waals surface area contributed by atoms with Crippen LogP contribution in [0.2, 0.25) is 0 Å². The van der Waals surface area contributed by atoms with Gasteiger partial charge >= 0.3 is 0 Å². The Balaban J connectivity index is 1.96. The Bertz CT molecular complexity index is 515. The van der Waals surface area contributed by atoms with Crippen LogP contribution >= 0.6 is 0 Å². The molecule has 108 valence electrons. The highest BCUT2D eigenvalue weighted by Gasteiger charge is 2.37. The second kappa shape index (κ2) is 5.34. The zero-order valence-electron chi connectivity index (χ0n) is 11.0. The SMILES string of the molecule is O=[N+]([O-])c1cc(F)ccc1N(C1CC1)C1CNCCN1. The van der Waals surface area contributed by atoms with E-state index in [4.69, 9.17) is 0 Å². The average molecular weight is 280 g/mol. The molecular formula is C13H17FN4O2. The maximum Gasteiger partial charge on any atom is 0.295 e. The number of nitrogens with one attached hydrogen (secondary N) is 2. The van der Waals surface area contributed by atoms with Gasteiger partial charge in [0.15, 0.2) is 0 Å². The Morgan fingerprint density at radius 3 is 2.75 bits per heavy atom. The number of nitro benzene ring substituents is 1. The lowest BCUT2D eigenvalue weighted by atomic mass is 10.2. The zero-order valence-corrected chi connectivity index (χ0v) is 11.0. The summed E-state index contributed by atoms with van der Waals surface area (Å²) in [5.41, 5.74) is 0.337. The van der Waals surface area contributed by atoms with E-state index < -0.39 is 10.7 Å². The summed E-state index contributed by atoms with van der Waals surface area (Å²) in [5, 5.41) is 17.8. The van der Waals surface area contributed by atoms with Gasteiger partial charge in [0, 0.05) is 25.7 Å². The van der Waals surface area contributed by atoms with Crippen molar-refractivity contribution in [1.29, 1.82) is 0 Å². The summed E-state index contributed by atoms with van der Waals surface area (Å²) < 4.78 is 13.3. The standard InChI is InChI=1S/C13H17FN4O2/c14-9-1-4-11(12(7-9)18(19)20)17(10-2-3-10)13-8-15-5-6-16-13/h1,4,7,10,13,15-16H,2-3,5-6,8H2. The van der Waals surface area contributed by atoms with Crippen molar-refractivity contribution in [3.8, 4) is 0 Å². The number of rotatable bonds is 4. The smallest absolute Gasteiger partial charge is 0.295 e. The van der Waals surface area contributed by atoms with Crippen molar-refractivity contribution in [3.05, 3.63) is 34.1 Å². The van der Waals surface area contributed by atoms with Crippen molar-refractivity contribution in [1.82, 2.24) is 10.6 Å². The van der Waals surface area contributed by atoms with E-state index in [1.807, 2.05) is 4.90 Å². The lowest BCUT2D eigenvalue weighted by Crippen LogP contribution is -2.58. The third-order valence-corrected chi connectivity index (χ3v) is 3.71. The van der Waals surface area contributed by atoms with E-state index in [-0.39, 0.29) is 11.9 Å². The fourth-order valence-electron chi connectivity index (χ4n) is 2.67. The van der Waals surface area contributed by atoms with Gasteiger partial charge in [0.2, 0.25) is 0 Å². The van der Waals surface area contributed by atoms with E-state index in [1.54, 1.807) is 0 Å². The van der Waals surface area contributed by atoms with Crippen molar-refractivity contribution >= 4 is 11.4 Å². The van der Waals surface area contributed by atoms with Gasteiger partial charge < -0.3 is 10.2 Å². The van der Waals surface area contributed by atoms with Crippen LogP contribution in [0.15, 0.2) is 18.2 Å². The molecule has 1 aromatic carbocycles. The van der Waals surface area contributed by atoms with Crippen molar-refractivity contribution in [2.24, 2.45) is 0 Å². The fourth-order valence-corrected chi connectivity index (χ4v) is 2.67. The molecule has 7 heteroatoms. The van der Waals surface area contributed by atoms with E-state index >= 15 is 0 Å². The number of nitrogens with zero attached hydrogens (tertiary/aromatic N) is 2. The molecule has 1 heterocycles. The molecule has 0 bridgehead atoms. The minimum Gasteiger partial charge on any atom is -0.346 e. The summed E-state index contributed by atoms with van der Waals surface area (Å²) in [6.45, 7) is 2.44. The lowest BCUT2D eigenvalue weighted by Gasteiger charge is -2.37. The number of benzene rings is 1. The Morgan fingerprint density at radius 1 is 1.35 bits per heavy atom. The topological polar surface area (TPSA) is 70.4 Å². The third kappa shape index (κ3) is 2.59. The Morgan fingerprint density at radius 2 is 2.15 bits per heavy atom. The molecule has 20 heavy (non-hydrogen) atoms. The van der Waals surface area contributed by atoms with Crippen LogP contribution in [0.4, 0.5) is 15.8 Å². The van der Waals surface area contributed by atoms with Crippen LogP contribution < -0.4 is 15.5 Å². The van der Waals surface area contributed by atoms with Gasteiger partial charge in [-0.2, -0.15) is 0 Å². The molecule has 1 saturated carbocycles. The fraction of sp³-hybridized carbons (Fsp3) is 0.538. The van der Waals surface area contributed by atoms with Crippen LogP contribution in [0.25, 0.3) is 0 Å². The van der Waals surface area contributed by atoms with E-state index in [0.29, 0.717) is 11.7 Å². The minimum absolute atomic E-state index is 0.0143. The van der Waals surface area contributed by atoms with Gasteiger partial charge in [0.1, 0.15) is 11.5 Å². The van der Waals surface area contributed by atoms with E-state index in [9.17, 15) is 14.5 Å². The molecule has 6 nitrogen and oxygen atoms in total. The monoisotopic (exact) mass is 280 g/mol. The van der Waals surface area contributed by atoms with Gasteiger partial charge in [-0.1, -0.05) is 0 Å². The molecule has 1 atom stereocenters. The van der Waals surface area contributed by atoms with Gasteiger partial charge in [0.05, 0.1) is 17.2 Å². The molecule has 0 radical (unpaired) electrons. The number of hydrogen-bond donors (Lipinski definition) is 2. The number of hydrogen-bond acceptors (Lipinski definition) is 5. The van der Waals surface area contributed by atoms with Gasteiger partial charge in [-0.15, -0.1) is 0 Å². The number of halogens is 1. The molecule has 0 spiro atoms. The van der Waals surface area contributed by atoms with Crippen molar-refractivity contribution in [2.45, 2.75) is 25.0 Å². The Kier molecular flexibility index (Phi) is 3.54. The normalized spacial score (nSPS) is 22.6. The second-order valence-electron chi connectivity index (χ2n) is 5.20. The van der Waals surface area contributed by atoms with Crippen molar-refractivity contribution in [3.63, 3.8) is 0 Å². The van der Waals surface area contributed by atoms with Crippen LogP contribution in [-0.2, 0) is 0 Å². The van der Waals surface area contributed by atoms with Gasteiger partial charge in [0.25, 0.3) is 5.69 Å². The van der Waals surface area contributed by atoms with Crippen molar-refractivity contribution < 1.29 is 9.31 Å². The zero-order chi connectivity index (χ0) is 14.1. The largest absolute Gasteiger partial charge is 0.346 e. The molecule has 2 N–H and O–H groups in total. The average Bonchev–Trinajstić information content (AvgIpc) is 3.26. The molecule has 1 saturated heterocycles. The maximum atomic E-state index is 13.3. The van der Waals surface area contributed by atoms with Crippen LogP contribution in [0.5, 0.6) is 0 Å². The highest BCUT2D eigenvalue weighted by Crippen LogP contribution is 2.38. The molecule has 3 rings (SSSR count). The van der Waals surface area contributed by atoms with E-state index in [0.717, 1.165) is 38.5 Å². The molecule has 1 aliphatic heterocycles. The summed E-state index contributed by atoms with van der Waals surface area (Å²) in [6.07, 6.45) is 2.06. The van der Waals surface area contributed by atoms with Crippen LogP contribution in [0.3, 0.4) is 0 Å². The Labute approximate surface area is 116 Å². The lowest BCUT2D eigenvalue weighted by molar-refractivity contribution is -0.384. The molecule has 0 aromatic heterocycles. The highest BCUT2D eigenvalue weighted by molar-refractivity contribution is 5.65. The number of anilines is 1. The molecule has 2 fully saturated rings. The van der Waals surface area contributed by atoms with Gasteiger partial charge in [-0.05, 0) is 25.0 Å². The summed E-state index contributed by atoms with van der Waals surface area (Å²) in [6, 6.07) is 4.10. The highest BCUT2D eigenvalue weighted by atomic mass is 19.1. The van der Waals surface area contributed by atoms with Crippen LogP contribution in [0, 0.1) is 15.9 Å². The molecular weight excluding hydrogens is 263 g/mol. The first-order valence-corrected chi connectivity index (χ1v) is 6.83. The molecule has 0 amide bonds. The minimum atomic E-state index is -0.578. The van der Waals surface area contributed by atoms with Gasteiger partial charge in [-0.3, -0.25) is 15.4 Å². The predicted molar refractivity (Wildman–Crippen MR) is 73.2 cm³/mol. The summed E-state index contributed by atoms with van der Waals surface area (Å²) >= 11 is 0. The van der Waals surface area contributed by atoms with E-state index in [1.165, 1.54) is 12.1 Å². The predicted octanol–water partition coefficient (Wildman–Crippen LogP) is 1.22. The van der Waals surface area contributed by atoms with Crippen LogP contribution in [-0.4, -0.2) is 36.8 Å². The molecule has 1 aliphatic carbocycles. The maximum absolute atomic E-state index is 13.3. The summed E-state index contributed by atoms with van der Waals surface area (Å²) in [7, 11) is 0. The van der Waals surface area contributed by atoms with Crippen LogP contribution in [0.1, 0.15) is 12.8 Å². The first kappa shape index (κ1) is 13.3. The molecule has 1 aromatic rings. The quantitative estimate of drug-likeness (QED) is 0.641. The third-order valence-electron chi connectivity index (χ3n) is 3.71. The second-order valence-corrected chi connectivity index (χ2v) is 5.20. The first-order chi connectivity index (χ1) is 9.66. The number of piperazine rings is 1.